The fraction of sp³-hybridized carbons (Fsp3) is 0.333. The van der Waals surface area contributed by atoms with Crippen molar-refractivity contribution in [1.29, 1.82) is 0 Å². The third-order valence-corrected chi connectivity index (χ3v) is 3.86. The van der Waals surface area contributed by atoms with E-state index in [1.165, 1.54) is 0 Å². The second-order valence-electron chi connectivity index (χ2n) is 5.09. The number of amides is 1. The molecule has 4 nitrogen and oxygen atoms in total. The molecule has 5 heteroatoms. The van der Waals surface area contributed by atoms with E-state index in [1.54, 1.807) is 11.3 Å². The largest absolute Gasteiger partial charge is 0.325 e. The molecule has 1 amide bonds. The highest BCUT2D eigenvalue weighted by Gasteiger charge is 2.17. The Balaban J connectivity index is 2.07. The van der Waals surface area contributed by atoms with Crippen LogP contribution in [-0.4, -0.2) is 16.9 Å². The molecule has 20 heavy (non-hydrogen) atoms. The maximum absolute atomic E-state index is 11.9. The minimum absolute atomic E-state index is 0.118. The summed E-state index contributed by atoms with van der Waals surface area (Å²) in [7, 11) is 0. The maximum atomic E-state index is 11.9. The first-order chi connectivity index (χ1) is 9.47. The van der Waals surface area contributed by atoms with Crippen LogP contribution in [0, 0.1) is 12.8 Å². The van der Waals surface area contributed by atoms with Gasteiger partial charge in [0.2, 0.25) is 5.91 Å². The van der Waals surface area contributed by atoms with Crippen molar-refractivity contribution >= 4 is 22.9 Å². The smallest absolute Gasteiger partial charge is 0.241 e. The van der Waals surface area contributed by atoms with Gasteiger partial charge in [-0.15, -0.1) is 11.3 Å². The molecule has 0 saturated carbocycles. The number of hydrogen-bond acceptors (Lipinski definition) is 4. The Labute approximate surface area is 123 Å². The monoisotopic (exact) mass is 289 g/mol. The van der Waals surface area contributed by atoms with Gasteiger partial charge in [0.05, 0.1) is 16.7 Å². The normalized spacial score (nSPS) is 12.4. The van der Waals surface area contributed by atoms with Crippen molar-refractivity contribution in [3.63, 3.8) is 0 Å². The van der Waals surface area contributed by atoms with E-state index in [1.807, 2.05) is 50.4 Å². The van der Waals surface area contributed by atoms with Crippen molar-refractivity contribution in [2.45, 2.75) is 26.8 Å². The Morgan fingerprint density at radius 3 is 2.45 bits per heavy atom. The van der Waals surface area contributed by atoms with Crippen LogP contribution in [0.3, 0.4) is 0 Å². The van der Waals surface area contributed by atoms with Gasteiger partial charge in [-0.25, -0.2) is 4.98 Å². The fourth-order valence-electron chi connectivity index (χ4n) is 1.75. The third-order valence-electron chi connectivity index (χ3n) is 3.09. The molecule has 1 atom stereocenters. The van der Waals surface area contributed by atoms with Crippen LogP contribution in [0.4, 0.5) is 5.69 Å². The summed E-state index contributed by atoms with van der Waals surface area (Å²) < 4.78 is 0. The Kier molecular flexibility index (Phi) is 4.52. The molecule has 0 aliphatic carbocycles. The number of benzene rings is 1. The van der Waals surface area contributed by atoms with E-state index in [0.29, 0.717) is 0 Å². The van der Waals surface area contributed by atoms with Crippen molar-refractivity contribution in [2.75, 3.05) is 5.32 Å². The standard InChI is InChI=1S/C15H19N3OS/c1-9(2)14(16)15(19)18-12-6-4-11(5-7-12)13-8-20-10(3)17-13/h4-9,14H,16H2,1-3H3,(H,18,19)/t14-/m1/s1. The van der Waals surface area contributed by atoms with Gasteiger partial charge in [0.1, 0.15) is 0 Å². The van der Waals surface area contributed by atoms with Crippen molar-refractivity contribution in [3.05, 3.63) is 34.7 Å². The zero-order chi connectivity index (χ0) is 14.7. The van der Waals surface area contributed by atoms with Crippen LogP contribution in [0.1, 0.15) is 18.9 Å². The number of aryl methyl sites for hydroxylation is 1. The molecule has 3 N–H and O–H groups in total. The van der Waals surface area contributed by atoms with Crippen LogP contribution in [0.15, 0.2) is 29.6 Å². The number of nitrogens with two attached hydrogens (primary N) is 1. The summed E-state index contributed by atoms with van der Waals surface area (Å²) in [6.45, 7) is 5.84. The van der Waals surface area contributed by atoms with Crippen molar-refractivity contribution in [2.24, 2.45) is 11.7 Å². The molecule has 0 fully saturated rings. The zero-order valence-electron chi connectivity index (χ0n) is 11.9. The number of nitrogens with zero attached hydrogens (tertiary/aromatic N) is 1. The molecule has 1 aromatic carbocycles. The van der Waals surface area contributed by atoms with Crippen LogP contribution in [0.2, 0.25) is 0 Å². The van der Waals surface area contributed by atoms with Gasteiger partial charge in [0.25, 0.3) is 0 Å². The van der Waals surface area contributed by atoms with E-state index in [2.05, 4.69) is 10.3 Å². The topological polar surface area (TPSA) is 68.0 Å². The summed E-state index contributed by atoms with van der Waals surface area (Å²) in [5.74, 6) is -0.0375. The second kappa shape index (κ2) is 6.15. The van der Waals surface area contributed by atoms with Crippen molar-refractivity contribution in [1.82, 2.24) is 4.98 Å². The summed E-state index contributed by atoms with van der Waals surface area (Å²) in [6.07, 6.45) is 0. The highest BCUT2D eigenvalue weighted by molar-refractivity contribution is 7.09. The molecule has 0 unspecified atom stereocenters. The van der Waals surface area contributed by atoms with Crippen LogP contribution < -0.4 is 11.1 Å². The Morgan fingerprint density at radius 1 is 1.30 bits per heavy atom. The zero-order valence-corrected chi connectivity index (χ0v) is 12.7. The molecule has 106 valence electrons. The Morgan fingerprint density at radius 2 is 1.95 bits per heavy atom. The minimum atomic E-state index is -0.490. The van der Waals surface area contributed by atoms with E-state index >= 15 is 0 Å². The summed E-state index contributed by atoms with van der Waals surface area (Å²) in [5.41, 5.74) is 8.57. The summed E-state index contributed by atoms with van der Waals surface area (Å²) in [5, 5.41) is 5.89. The Bertz CT molecular complexity index is 589. The fourth-order valence-corrected chi connectivity index (χ4v) is 2.37. The van der Waals surface area contributed by atoms with E-state index in [4.69, 9.17) is 5.73 Å². The molecule has 1 heterocycles. The SMILES string of the molecule is Cc1nc(-c2ccc(NC(=O)[C@H](N)C(C)C)cc2)cs1. The molecule has 0 aliphatic rings. The highest BCUT2D eigenvalue weighted by Crippen LogP contribution is 2.23. The highest BCUT2D eigenvalue weighted by atomic mass is 32.1. The lowest BCUT2D eigenvalue weighted by Crippen LogP contribution is -2.39. The van der Waals surface area contributed by atoms with Crippen LogP contribution in [0.5, 0.6) is 0 Å². The number of anilines is 1. The summed E-state index contributed by atoms with van der Waals surface area (Å²) in [4.78, 5) is 16.3. The van der Waals surface area contributed by atoms with Crippen molar-refractivity contribution < 1.29 is 4.79 Å². The number of nitrogens with one attached hydrogen (secondary N) is 1. The van der Waals surface area contributed by atoms with Gasteiger partial charge in [0.15, 0.2) is 0 Å². The molecule has 2 aromatic rings. The first-order valence-electron chi connectivity index (χ1n) is 6.56. The van der Waals surface area contributed by atoms with E-state index in [-0.39, 0.29) is 11.8 Å². The van der Waals surface area contributed by atoms with Gasteiger partial charge >= 0.3 is 0 Å². The lowest BCUT2D eigenvalue weighted by atomic mass is 10.0. The molecule has 0 saturated heterocycles. The number of carbonyl (C=O) groups excluding carboxylic acids is 1. The quantitative estimate of drug-likeness (QED) is 0.909. The van der Waals surface area contributed by atoms with Gasteiger partial charge < -0.3 is 11.1 Å². The third kappa shape index (κ3) is 3.43. The van der Waals surface area contributed by atoms with Crippen LogP contribution >= 0.6 is 11.3 Å². The van der Waals surface area contributed by atoms with Gasteiger partial charge in [-0.05, 0) is 25.0 Å². The number of thiazole rings is 1. The minimum Gasteiger partial charge on any atom is -0.325 e. The van der Waals surface area contributed by atoms with E-state index in [9.17, 15) is 4.79 Å². The Hall–Kier alpha value is -1.72. The molecule has 1 aromatic heterocycles. The molecular weight excluding hydrogens is 270 g/mol. The first kappa shape index (κ1) is 14.7. The molecule has 0 radical (unpaired) electrons. The number of hydrogen-bond donors (Lipinski definition) is 2. The van der Waals surface area contributed by atoms with Gasteiger partial charge in [-0.3, -0.25) is 4.79 Å². The molecular formula is C15H19N3OS. The van der Waals surface area contributed by atoms with E-state index in [0.717, 1.165) is 22.0 Å². The van der Waals surface area contributed by atoms with Crippen LogP contribution in [-0.2, 0) is 4.79 Å². The predicted octanol–water partition coefficient (Wildman–Crippen LogP) is 3.04. The average Bonchev–Trinajstić information content (AvgIpc) is 2.85. The maximum Gasteiger partial charge on any atom is 0.241 e. The summed E-state index contributed by atoms with van der Waals surface area (Å²) >= 11 is 1.62. The predicted molar refractivity (Wildman–Crippen MR) is 83.7 cm³/mol. The summed E-state index contributed by atoms with van der Waals surface area (Å²) in [6, 6.07) is 7.15. The number of carbonyl (C=O) groups is 1. The molecule has 0 spiro atoms. The number of rotatable bonds is 4. The van der Waals surface area contributed by atoms with Gasteiger partial charge in [0, 0.05) is 16.6 Å². The number of aromatic nitrogens is 1. The van der Waals surface area contributed by atoms with E-state index < -0.39 is 6.04 Å². The molecule has 2 rings (SSSR count). The van der Waals surface area contributed by atoms with Gasteiger partial charge in [-0.2, -0.15) is 0 Å². The lowest BCUT2D eigenvalue weighted by Gasteiger charge is -2.15. The average molecular weight is 289 g/mol. The lowest BCUT2D eigenvalue weighted by molar-refractivity contribution is -0.118. The van der Waals surface area contributed by atoms with Crippen molar-refractivity contribution in [3.8, 4) is 11.3 Å². The second-order valence-corrected chi connectivity index (χ2v) is 6.15. The molecule has 0 bridgehead atoms. The van der Waals surface area contributed by atoms with Crippen LogP contribution in [0.25, 0.3) is 11.3 Å². The van der Waals surface area contributed by atoms with Gasteiger partial charge in [-0.1, -0.05) is 26.0 Å². The first-order valence-corrected chi connectivity index (χ1v) is 7.44. The molecule has 0 aliphatic heterocycles.